The van der Waals surface area contributed by atoms with Crippen LogP contribution in [0.1, 0.15) is 30.1 Å². The Kier molecular flexibility index (Phi) is 5.72. The molecule has 0 spiro atoms. The summed E-state index contributed by atoms with van der Waals surface area (Å²) in [4.78, 5) is 11.7. The number of ether oxygens (including phenoxy) is 1. The van der Waals surface area contributed by atoms with Gasteiger partial charge < -0.3 is 10.1 Å². The Morgan fingerprint density at radius 1 is 1.39 bits per heavy atom. The lowest BCUT2D eigenvalue weighted by Gasteiger charge is -2.17. The lowest BCUT2D eigenvalue weighted by atomic mass is 10.2. The third kappa shape index (κ3) is 4.07. The third-order valence-corrected chi connectivity index (χ3v) is 5.58. The molecule has 1 aromatic carbocycles. The second-order valence-electron chi connectivity index (χ2n) is 5.59. The minimum absolute atomic E-state index is 0.104. The molecule has 1 atom stereocenters. The van der Waals surface area contributed by atoms with E-state index in [0.717, 1.165) is 25.0 Å². The van der Waals surface area contributed by atoms with E-state index in [-0.39, 0.29) is 11.6 Å². The predicted molar refractivity (Wildman–Crippen MR) is 83.2 cm³/mol. The zero-order chi connectivity index (χ0) is 17.0. The molecule has 1 aromatic rings. The number of hydrogen-bond acceptors (Lipinski definition) is 4. The molecule has 1 heterocycles. The molecule has 128 valence electrons. The molecular formula is C15H21FN2O4S. The molecule has 1 aliphatic heterocycles. The van der Waals surface area contributed by atoms with Gasteiger partial charge in [-0.1, -0.05) is 0 Å². The van der Waals surface area contributed by atoms with Crippen LogP contribution in [0.3, 0.4) is 0 Å². The van der Waals surface area contributed by atoms with E-state index < -0.39 is 26.6 Å². The van der Waals surface area contributed by atoms with Crippen LogP contribution >= 0.6 is 0 Å². The first-order valence-electron chi connectivity index (χ1n) is 7.45. The highest BCUT2D eigenvalue weighted by molar-refractivity contribution is 7.89. The van der Waals surface area contributed by atoms with Gasteiger partial charge in [-0.2, -0.15) is 4.31 Å². The van der Waals surface area contributed by atoms with Crippen molar-refractivity contribution in [2.24, 2.45) is 0 Å². The summed E-state index contributed by atoms with van der Waals surface area (Å²) in [5.41, 5.74) is 0.104. The first-order chi connectivity index (χ1) is 10.9. The predicted octanol–water partition coefficient (Wildman–Crippen LogP) is 1.37. The Hall–Kier alpha value is -1.51. The smallest absolute Gasteiger partial charge is 0.251 e. The van der Waals surface area contributed by atoms with Gasteiger partial charge in [-0.3, -0.25) is 4.79 Å². The number of methoxy groups -OCH3 is 1. The zero-order valence-electron chi connectivity index (χ0n) is 13.2. The van der Waals surface area contributed by atoms with Crippen molar-refractivity contribution in [3.05, 3.63) is 29.6 Å². The summed E-state index contributed by atoms with van der Waals surface area (Å²) in [5, 5.41) is 2.67. The number of halogens is 1. The first-order valence-corrected chi connectivity index (χ1v) is 8.89. The van der Waals surface area contributed by atoms with Crippen LogP contribution in [0.15, 0.2) is 23.1 Å². The molecule has 1 amide bonds. The van der Waals surface area contributed by atoms with Crippen LogP contribution in [0.2, 0.25) is 0 Å². The highest BCUT2D eigenvalue weighted by Gasteiger charge is 2.30. The quantitative estimate of drug-likeness (QED) is 0.846. The van der Waals surface area contributed by atoms with Crippen molar-refractivity contribution in [2.75, 3.05) is 26.8 Å². The summed E-state index contributed by atoms with van der Waals surface area (Å²) in [7, 11) is -2.40. The Morgan fingerprint density at radius 2 is 2.04 bits per heavy atom. The van der Waals surface area contributed by atoms with Crippen molar-refractivity contribution < 1.29 is 22.3 Å². The standard InChI is InChI=1S/C15H21FN2O4S/c1-11(10-22-2)17-15(19)12-5-6-13(16)14(9-12)23(20,21)18-7-3-4-8-18/h5-6,9,11H,3-4,7-8,10H2,1-2H3,(H,17,19). The second-order valence-corrected chi connectivity index (χ2v) is 7.49. The first kappa shape index (κ1) is 17.8. The van der Waals surface area contributed by atoms with Gasteiger partial charge in [-0.25, -0.2) is 12.8 Å². The fourth-order valence-electron chi connectivity index (χ4n) is 2.51. The zero-order valence-corrected chi connectivity index (χ0v) is 14.0. The summed E-state index contributed by atoms with van der Waals surface area (Å²) < 4.78 is 45.2. The van der Waals surface area contributed by atoms with E-state index in [1.54, 1.807) is 6.92 Å². The largest absolute Gasteiger partial charge is 0.383 e. The van der Waals surface area contributed by atoms with Crippen molar-refractivity contribution in [1.29, 1.82) is 0 Å². The highest BCUT2D eigenvalue weighted by Crippen LogP contribution is 2.24. The van der Waals surface area contributed by atoms with E-state index in [4.69, 9.17) is 4.74 Å². The Morgan fingerprint density at radius 3 is 2.65 bits per heavy atom. The fraction of sp³-hybridized carbons (Fsp3) is 0.533. The van der Waals surface area contributed by atoms with E-state index in [0.29, 0.717) is 19.7 Å². The van der Waals surface area contributed by atoms with Crippen LogP contribution in [-0.2, 0) is 14.8 Å². The summed E-state index contributed by atoms with van der Waals surface area (Å²) in [5.74, 6) is -1.31. The van der Waals surface area contributed by atoms with Crippen molar-refractivity contribution in [2.45, 2.75) is 30.7 Å². The number of nitrogens with zero attached hydrogens (tertiary/aromatic N) is 1. The molecule has 1 N–H and O–H groups in total. The molecule has 2 rings (SSSR count). The normalized spacial score (nSPS) is 17.2. The average Bonchev–Trinajstić information content (AvgIpc) is 3.02. The maximum absolute atomic E-state index is 14.0. The highest BCUT2D eigenvalue weighted by atomic mass is 32.2. The maximum Gasteiger partial charge on any atom is 0.251 e. The van der Waals surface area contributed by atoms with E-state index in [1.807, 2.05) is 0 Å². The molecular weight excluding hydrogens is 323 g/mol. The van der Waals surface area contributed by atoms with Gasteiger partial charge in [-0.15, -0.1) is 0 Å². The van der Waals surface area contributed by atoms with Crippen LogP contribution in [0.25, 0.3) is 0 Å². The lowest BCUT2D eigenvalue weighted by molar-refractivity contribution is 0.0905. The van der Waals surface area contributed by atoms with Crippen LogP contribution in [0, 0.1) is 5.82 Å². The fourth-order valence-corrected chi connectivity index (χ4v) is 4.12. The summed E-state index contributed by atoms with van der Waals surface area (Å²) >= 11 is 0. The number of nitrogens with one attached hydrogen (secondary N) is 1. The lowest BCUT2D eigenvalue weighted by Crippen LogP contribution is -2.36. The van der Waals surface area contributed by atoms with Crippen LogP contribution in [-0.4, -0.2) is 51.5 Å². The van der Waals surface area contributed by atoms with Gasteiger partial charge in [0, 0.05) is 31.8 Å². The topological polar surface area (TPSA) is 75.7 Å². The number of carbonyl (C=O) groups excluding carboxylic acids is 1. The van der Waals surface area contributed by atoms with Gasteiger partial charge in [0.25, 0.3) is 5.91 Å². The van der Waals surface area contributed by atoms with Gasteiger partial charge in [0.1, 0.15) is 10.7 Å². The van der Waals surface area contributed by atoms with Gasteiger partial charge in [-0.05, 0) is 38.0 Å². The molecule has 1 aliphatic rings. The molecule has 0 saturated carbocycles. The number of benzene rings is 1. The molecule has 23 heavy (non-hydrogen) atoms. The van der Waals surface area contributed by atoms with Crippen molar-refractivity contribution in [1.82, 2.24) is 9.62 Å². The van der Waals surface area contributed by atoms with Crippen LogP contribution in [0.5, 0.6) is 0 Å². The van der Waals surface area contributed by atoms with Gasteiger partial charge >= 0.3 is 0 Å². The number of carbonyl (C=O) groups is 1. The molecule has 1 unspecified atom stereocenters. The van der Waals surface area contributed by atoms with E-state index in [1.165, 1.54) is 17.5 Å². The summed E-state index contributed by atoms with van der Waals surface area (Å²) in [6, 6.07) is 3.14. The van der Waals surface area contributed by atoms with Crippen molar-refractivity contribution in [3.63, 3.8) is 0 Å². The monoisotopic (exact) mass is 344 g/mol. The van der Waals surface area contributed by atoms with Crippen molar-refractivity contribution >= 4 is 15.9 Å². The molecule has 6 nitrogen and oxygen atoms in total. The Bertz CT molecular complexity index is 672. The van der Waals surface area contributed by atoms with Gasteiger partial charge in [0.05, 0.1) is 6.61 Å². The summed E-state index contributed by atoms with van der Waals surface area (Å²) in [6.07, 6.45) is 1.52. The average molecular weight is 344 g/mol. The number of sulfonamides is 1. The SMILES string of the molecule is COCC(C)NC(=O)c1ccc(F)c(S(=O)(=O)N2CCCC2)c1. The van der Waals surface area contributed by atoms with Gasteiger partial charge in [0.2, 0.25) is 10.0 Å². The molecule has 1 saturated heterocycles. The molecule has 0 radical (unpaired) electrons. The van der Waals surface area contributed by atoms with E-state index in [9.17, 15) is 17.6 Å². The molecule has 0 aliphatic carbocycles. The molecule has 1 fully saturated rings. The number of hydrogen-bond donors (Lipinski definition) is 1. The van der Waals surface area contributed by atoms with E-state index >= 15 is 0 Å². The Balaban J connectivity index is 2.27. The number of amides is 1. The van der Waals surface area contributed by atoms with Crippen LogP contribution < -0.4 is 5.32 Å². The maximum atomic E-state index is 14.0. The third-order valence-electron chi connectivity index (χ3n) is 3.67. The van der Waals surface area contributed by atoms with E-state index in [2.05, 4.69) is 5.32 Å². The second kappa shape index (κ2) is 7.37. The molecule has 0 aromatic heterocycles. The minimum atomic E-state index is -3.91. The molecule has 0 bridgehead atoms. The Labute approximate surface area is 135 Å². The van der Waals surface area contributed by atoms with Crippen molar-refractivity contribution in [3.8, 4) is 0 Å². The minimum Gasteiger partial charge on any atom is -0.383 e. The van der Waals surface area contributed by atoms with Gasteiger partial charge in [0.15, 0.2) is 0 Å². The molecule has 8 heteroatoms. The summed E-state index contributed by atoms with van der Waals surface area (Å²) in [6.45, 7) is 2.84. The number of rotatable bonds is 6. The van der Waals surface area contributed by atoms with Crippen LogP contribution in [0.4, 0.5) is 4.39 Å².